The Hall–Kier alpha value is -1.03. The molecule has 4 rings (SSSR count). The standard InChI is InChI=1S/C21H25Cl2NO2/c1-2-13-5-3-6-15(11-13)25-12-16-20(24-26-21(16)14-9-10-14)19-17(22)7-4-8-18(19)23/h4,7-8,13-15H,2-3,5-6,9-12H2,1H3. The molecular formula is C21H25Cl2NO2. The van der Waals surface area contributed by atoms with E-state index < -0.39 is 0 Å². The second-order valence-corrected chi connectivity index (χ2v) is 8.43. The van der Waals surface area contributed by atoms with Gasteiger partial charge in [0.15, 0.2) is 0 Å². The number of aromatic nitrogens is 1. The van der Waals surface area contributed by atoms with E-state index >= 15 is 0 Å². The zero-order valence-electron chi connectivity index (χ0n) is 15.1. The van der Waals surface area contributed by atoms with Crippen molar-refractivity contribution in [1.29, 1.82) is 0 Å². The van der Waals surface area contributed by atoms with Crippen molar-refractivity contribution in [3.63, 3.8) is 0 Å². The molecule has 0 N–H and O–H groups in total. The van der Waals surface area contributed by atoms with Gasteiger partial charge in [-0.15, -0.1) is 0 Å². The Morgan fingerprint density at radius 2 is 1.92 bits per heavy atom. The quantitative estimate of drug-likeness (QED) is 0.529. The highest BCUT2D eigenvalue weighted by molar-refractivity contribution is 6.39. The van der Waals surface area contributed by atoms with Crippen LogP contribution in [0.1, 0.15) is 69.1 Å². The van der Waals surface area contributed by atoms with E-state index in [1.54, 1.807) is 0 Å². The van der Waals surface area contributed by atoms with Crippen molar-refractivity contribution in [2.24, 2.45) is 5.92 Å². The topological polar surface area (TPSA) is 35.3 Å². The highest BCUT2D eigenvalue weighted by atomic mass is 35.5. The largest absolute Gasteiger partial charge is 0.373 e. The van der Waals surface area contributed by atoms with Crippen LogP contribution in [0.15, 0.2) is 22.7 Å². The molecule has 2 unspecified atom stereocenters. The molecule has 1 heterocycles. The Morgan fingerprint density at radius 1 is 1.15 bits per heavy atom. The van der Waals surface area contributed by atoms with Gasteiger partial charge in [-0.25, -0.2) is 0 Å². The normalized spacial score (nSPS) is 23.3. The van der Waals surface area contributed by atoms with Gasteiger partial charge in [-0.1, -0.05) is 60.6 Å². The third-order valence-electron chi connectivity index (χ3n) is 5.74. The van der Waals surface area contributed by atoms with Crippen LogP contribution in [0.5, 0.6) is 0 Å². The SMILES string of the molecule is CCC1CCCC(OCc2c(-c3c(Cl)cccc3Cl)noc2C2CC2)C1. The molecule has 0 aliphatic heterocycles. The molecule has 26 heavy (non-hydrogen) atoms. The minimum atomic E-state index is 0.324. The molecule has 140 valence electrons. The average molecular weight is 394 g/mol. The van der Waals surface area contributed by atoms with Crippen molar-refractivity contribution in [3.05, 3.63) is 39.6 Å². The van der Waals surface area contributed by atoms with Gasteiger partial charge >= 0.3 is 0 Å². The molecule has 5 heteroatoms. The van der Waals surface area contributed by atoms with Gasteiger partial charge in [0, 0.05) is 17.0 Å². The molecule has 3 nitrogen and oxygen atoms in total. The van der Waals surface area contributed by atoms with Crippen LogP contribution < -0.4 is 0 Å². The van der Waals surface area contributed by atoms with E-state index in [1.807, 2.05) is 18.2 Å². The molecule has 0 radical (unpaired) electrons. The molecule has 2 aromatic rings. The van der Waals surface area contributed by atoms with E-state index in [0.717, 1.165) is 54.2 Å². The molecule has 0 saturated heterocycles. The van der Waals surface area contributed by atoms with Crippen LogP contribution in [0.25, 0.3) is 11.3 Å². The van der Waals surface area contributed by atoms with Gasteiger partial charge in [0.1, 0.15) is 11.5 Å². The number of ether oxygens (including phenoxy) is 1. The van der Waals surface area contributed by atoms with Gasteiger partial charge in [0.2, 0.25) is 0 Å². The fourth-order valence-electron chi connectivity index (χ4n) is 4.01. The van der Waals surface area contributed by atoms with Gasteiger partial charge in [-0.3, -0.25) is 0 Å². The minimum Gasteiger partial charge on any atom is -0.373 e. The molecule has 2 atom stereocenters. The van der Waals surface area contributed by atoms with Crippen molar-refractivity contribution in [2.75, 3.05) is 0 Å². The molecule has 0 spiro atoms. The van der Waals surface area contributed by atoms with Gasteiger partial charge in [-0.2, -0.15) is 0 Å². The highest BCUT2D eigenvalue weighted by Gasteiger charge is 2.34. The van der Waals surface area contributed by atoms with Crippen LogP contribution in [-0.4, -0.2) is 11.3 Å². The molecule has 2 aliphatic carbocycles. The zero-order chi connectivity index (χ0) is 18.1. The number of hydrogen-bond donors (Lipinski definition) is 0. The monoisotopic (exact) mass is 393 g/mol. The summed E-state index contributed by atoms with van der Waals surface area (Å²) >= 11 is 12.8. The van der Waals surface area contributed by atoms with Crippen LogP contribution in [-0.2, 0) is 11.3 Å². The Labute approximate surface area is 165 Å². The third kappa shape index (κ3) is 3.81. The lowest BCUT2D eigenvalue weighted by molar-refractivity contribution is 0.00138. The first-order valence-electron chi connectivity index (χ1n) is 9.71. The fraction of sp³-hybridized carbons (Fsp3) is 0.571. The van der Waals surface area contributed by atoms with Gasteiger partial charge in [0.05, 0.1) is 22.8 Å². The molecule has 2 saturated carbocycles. The predicted octanol–water partition coefficient (Wildman–Crippen LogP) is 7.01. The van der Waals surface area contributed by atoms with Crippen LogP contribution in [0, 0.1) is 5.92 Å². The predicted molar refractivity (Wildman–Crippen MR) is 105 cm³/mol. The molecule has 1 aromatic carbocycles. The molecule has 1 aromatic heterocycles. The molecule has 0 bridgehead atoms. The van der Waals surface area contributed by atoms with E-state index in [4.69, 9.17) is 32.5 Å². The lowest BCUT2D eigenvalue weighted by Crippen LogP contribution is -2.22. The van der Waals surface area contributed by atoms with Crippen LogP contribution in [0.3, 0.4) is 0 Å². The number of rotatable bonds is 6. The number of halogens is 2. The van der Waals surface area contributed by atoms with E-state index in [0.29, 0.717) is 28.7 Å². The molecular weight excluding hydrogens is 369 g/mol. The smallest absolute Gasteiger partial charge is 0.145 e. The van der Waals surface area contributed by atoms with E-state index in [-0.39, 0.29) is 0 Å². The Kier molecular flexibility index (Phi) is 5.58. The van der Waals surface area contributed by atoms with E-state index in [2.05, 4.69) is 12.1 Å². The first-order valence-corrected chi connectivity index (χ1v) is 10.5. The lowest BCUT2D eigenvalue weighted by atomic mass is 9.85. The first-order chi connectivity index (χ1) is 12.7. The summed E-state index contributed by atoms with van der Waals surface area (Å²) < 4.78 is 12.1. The number of benzene rings is 1. The second kappa shape index (κ2) is 7.92. The van der Waals surface area contributed by atoms with Crippen LogP contribution in [0.4, 0.5) is 0 Å². The molecule has 2 fully saturated rings. The maximum absolute atomic E-state index is 6.42. The number of hydrogen-bond acceptors (Lipinski definition) is 3. The van der Waals surface area contributed by atoms with Crippen LogP contribution in [0.2, 0.25) is 10.0 Å². The Balaban J connectivity index is 1.59. The zero-order valence-corrected chi connectivity index (χ0v) is 16.7. The Bertz CT molecular complexity index is 749. The van der Waals surface area contributed by atoms with E-state index in [9.17, 15) is 0 Å². The van der Waals surface area contributed by atoms with Crippen molar-refractivity contribution >= 4 is 23.2 Å². The minimum absolute atomic E-state index is 0.324. The summed E-state index contributed by atoms with van der Waals surface area (Å²) in [4.78, 5) is 0. The van der Waals surface area contributed by atoms with Gasteiger partial charge in [-0.05, 0) is 43.7 Å². The molecule has 0 amide bonds. The summed E-state index contributed by atoms with van der Waals surface area (Å²) in [6.07, 6.45) is 8.75. The van der Waals surface area contributed by atoms with Crippen molar-refractivity contribution in [1.82, 2.24) is 5.16 Å². The van der Waals surface area contributed by atoms with Gasteiger partial charge < -0.3 is 9.26 Å². The third-order valence-corrected chi connectivity index (χ3v) is 6.37. The average Bonchev–Trinajstić information content (AvgIpc) is 3.41. The van der Waals surface area contributed by atoms with Crippen molar-refractivity contribution in [3.8, 4) is 11.3 Å². The van der Waals surface area contributed by atoms with E-state index in [1.165, 1.54) is 19.3 Å². The first kappa shape index (κ1) is 18.3. The lowest BCUT2D eigenvalue weighted by Gasteiger charge is -2.28. The van der Waals surface area contributed by atoms with Crippen LogP contribution >= 0.6 is 23.2 Å². The van der Waals surface area contributed by atoms with Crippen molar-refractivity contribution < 1.29 is 9.26 Å². The summed E-state index contributed by atoms with van der Waals surface area (Å²) in [6.45, 7) is 2.79. The Morgan fingerprint density at radius 3 is 2.62 bits per heavy atom. The summed E-state index contributed by atoms with van der Waals surface area (Å²) in [5.74, 6) is 2.21. The summed E-state index contributed by atoms with van der Waals surface area (Å²) in [5.41, 5.74) is 2.52. The summed E-state index contributed by atoms with van der Waals surface area (Å²) in [5, 5.41) is 5.53. The summed E-state index contributed by atoms with van der Waals surface area (Å²) in [6, 6.07) is 5.52. The number of nitrogens with zero attached hydrogens (tertiary/aromatic N) is 1. The second-order valence-electron chi connectivity index (χ2n) is 7.62. The summed E-state index contributed by atoms with van der Waals surface area (Å²) in [7, 11) is 0. The molecule has 2 aliphatic rings. The maximum atomic E-state index is 6.42. The van der Waals surface area contributed by atoms with Gasteiger partial charge in [0.25, 0.3) is 0 Å². The van der Waals surface area contributed by atoms with Crippen molar-refractivity contribution in [2.45, 2.75) is 70.5 Å². The fourth-order valence-corrected chi connectivity index (χ4v) is 4.59. The maximum Gasteiger partial charge on any atom is 0.145 e. The highest BCUT2D eigenvalue weighted by Crippen LogP contribution is 2.46.